The van der Waals surface area contributed by atoms with E-state index < -0.39 is 0 Å². The number of rotatable bonds is 6. The van der Waals surface area contributed by atoms with Gasteiger partial charge in [0.2, 0.25) is 0 Å². The van der Waals surface area contributed by atoms with Crippen molar-refractivity contribution < 1.29 is 9.47 Å². The van der Waals surface area contributed by atoms with Gasteiger partial charge in [-0.3, -0.25) is 0 Å². The average molecular weight is 213 g/mol. The third-order valence-corrected chi connectivity index (χ3v) is 3.82. The van der Waals surface area contributed by atoms with Gasteiger partial charge in [0.05, 0.1) is 6.61 Å². The van der Waals surface area contributed by atoms with Crippen LogP contribution in [0.25, 0.3) is 0 Å². The van der Waals surface area contributed by atoms with Crippen LogP contribution in [0.3, 0.4) is 0 Å². The summed E-state index contributed by atoms with van der Waals surface area (Å²) in [6.45, 7) is 4.80. The highest BCUT2D eigenvalue weighted by atomic mass is 16.5. The number of nitrogens with one attached hydrogen (secondary N) is 1. The largest absolute Gasteiger partial charge is 0.378 e. The van der Waals surface area contributed by atoms with Gasteiger partial charge < -0.3 is 14.8 Å². The van der Waals surface area contributed by atoms with Gasteiger partial charge in [-0.25, -0.2) is 0 Å². The highest BCUT2D eigenvalue weighted by Gasteiger charge is 2.37. The normalized spacial score (nSPS) is 33.2. The molecule has 0 amide bonds. The molecule has 3 heteroatoms. The molecule has 1 N–H and O–H groups in total. The monoisotopic (exact) mass is 213 g/mol. The first-order valence-corrected chi connectivity index (χ1v) is 6.16. The summed E-state index contributed by atoms with van der Waals surface area (Å²) in [5.41, 5.74) is -0.0533. The van der Waals surface area contributed by atoms with Crippen LogP contribution >= 0.6 is 0 Å². The summed E-state index contributed by atoms with van der Waals surface area (Å²) in [4.78, 5) is 0. The molecule has 1 saturated carbocycles. The second-order valence-electron chi connectivity index (χ2n) is 4.92. The molecule has 15 heavy (non-hydrogen) atoms. The molecule has 0 bridgehead atoms. The second kappa shape index (κ2) is 4.81. The molecule has 1 aliphatic carbocycles. The zero-order valence-corrected chi connectivity index (χ0v) is 9.92. The van der Waals surface area contributed by atoms with Gasteiger partial charge in [0.25, 0.3) is 0 Å². The van der Waals surface area contributed by atoms with Gasteiger partial charge in [0.15, 0.2) is 0 Å². The maximum atomic E-state index is 5.61. The maximum Gasteiger partial charge on any atom is 0.106 e. The quantitative estimate of drug-likeness (QED) is 0.726. The highest BCUT2D eigenvalue weighted by molar-refractivity contribution is 4.91. The molecule has 0 aromatic heterocycles. The fourth-order valence-electron chi connectivity index (χ4n) is 2.42. The predicted molar refractivity (Wildman–Crippen MR) is 60.0 cm³/mol. The fourth-order valence-corrected chi connectivity index (χ4v) is 2.42. The van der Waals surface area contributed by atoms with E-state index in [1.807, 2.05) is 0 Å². The van der Waals surface area contributed by atoms with Crippen LogP contribution in [0, 0.1) is 5.92 Å². The molecule has 2 atom stereocenters. The van der Waals surface area contributed by atoms with Gasteiger partial charge >= 0.3 is 0 Å². The zero-order chi connectivity index (χ0) is 10.7. The molecule has 2 aliphatic rings. The molecule has 1 saturated heterocycles. The number of hydrogen-bond acceptors (Lipinski definition) is 3. The lowest BCUT2D eigenvalue weighted by Crippen LogP contribution is -2.46. The van der Waals surface area contributed by atoms with E-state index in [0.29, 0.717) is 6.04 Å². The van der Waals surface area contributed by atoms with E-state index in [0.717, 1.165) is 32.1 Å². The van der Waals surface area contributed by atoms with Crippen molar-refractivity contribution in [1.82, 2.24) is 5.32 Å². The molecule has 0 aromatic rings. The lowest BCUT2D eigenvalue weighted by Gasteiger charge is -2.28. The minimum Gasteiger partial charge on any atom is -0.378 e. The van der Waals surface area contributed by atoms with Crippen LogP contribution < -0.4 is 5.32 Å². The standard InChI is InChI=1S/C12H23NO2/c1-3-11(10-4-5-10)13-8-12(14-2)6-7-15-9-12/h10-11,13H,3-9H2,1-2H3. The van der Waals surface area contributed by atoms with Gasteiger partial charge in [-0.15, -0.1) is 0 Å². The molecule has 0 radical (unpaired) electrons. The number of hydrogen-bond donors (Lipinski definition) is 1. The first kappa shape index (κ1) is 11.4. The molecule has 2 unspecified atom stereocenters. The summed E-state index contributed by atoms with van der Waals surface area (Å²) >= 11 is 0. The molecule has 88 valence electrons. The van der Waals surface area contributed by atoms with Crippen LogP contribution in [0.4, 0.5) is 0 Å². The molecule has 1 aliphatic heterocycles. The van der Waals surface area contributed by atoms with Crippen LogP contribution in [0.2, 0.25) is 0 Å². The highest BCUT2D eigenvalue weighted by Crippen LogP contribution is 2.34. The lowest BCUT2D eigenvalue weighted by atomic mass is 10.0. The third-order valence-electron chi connectivity index (χ3n) is 3.82. The topological polar surface area (TPSA) is 30.5 Å². The molecule has 0 aromatic carbocycles. The van der Waals surface area contributed by atoms with Gasteiger partial charge in [-0.1, -0.05) is 6.92 Å². The van der Waals surface area contributed by atoms with Gasteiger partial charge in [0, 0.05) is 32.7 Å². The summed E-state index contributed by atoms with van der Waals surface area (Å²) in [6.07, 6.45) is 5.06. The van der Waals surface area contributed by atoms with Crippen LogP contribution in [-0.2, 0) is 9.47 Å². The molecule has 0 spiro atoms. The Morgan fingerprint density at radius 3 is 2.80 bits per heavy atom. The third kappa shape index (κ3) is 2.71. The van der Waals surface area contributed by atoms with Crippen molar-refractivity contribution in [2.24, 2.45) is 5.92 Å². The van der Waals surface area contributed by atoms with Gasteiger partial charge in [-0.2, -0.15) is 0 Å². The van der Waals surface area contributed by atoms with E-state index in [1.54, 1.807) is 7.11 Å². The Morgan fingerprint density at radius 2 is 2.33 bits per heavy atom. The molecular formula is C12H23NO2. The van der Waals surface area contributed by atoms with Crippen molar-refractivity contribution in [3.05, 3.63) is 0 Å². The van der Waals surface area contributed by atoms with Crippen molar-refractivity contribution in [1.29, 1.82) is 0 Å². The van der Waals surface area contributed by atoms with E-state index in [1.165, 1.54) is 19.3 Å². The Bertz CT molecular complexity index is 198. The second-order valence-corrected chi connectivity index (χ2v) is 4.92. The summed E-state index contributed by atoms with van der Waals surface area (Å²) in [5, 5.41) is 3.66. The van der Waals surface area contributed by atoms with E-state index in [9.17, 15) is 0 Å². The van der Waals surface area contributed by atoms with Crippen LogP contribution in [0.1, 0.15) is 32.6 Å². The first-order chi connectivity index (χ1) is 7.29. The molecule has 2 fully saturated rings. The zero-order valence-electron chi connectivity index (χ0n) is 9.92. The molecular weight excluding hydrogens is 190 g/mol. The Hall–Kier alpha value is -0.120. The van der Waals surface area contributed by atoms with Crippen LogP contribution in [0.5, 0.6) is 0 Å². The van der Waals surface area contributed by atoms with Crippen molar-refractivity contribution in [2.45, 2.75) is 44.2 Å². The van der Waals surface area contributed by atoms with Crippen molar-refractivity contribution in [3.8, 4) is 0 Å². The van der Waals surface area contributed by atoms with E-state index in [-0.39, 0.29) is 5.60 Å². The van der Waals surface area contributed by atoms with Gasteiger partial charge in [-0.05, 0) is 25.2 Å². The molecule has 2 rings (SSSR count). The Labute approximate surface area is 92.5 Å². The predicted octanol–water partition coefficient (Wildman–Crippen LogP) is 1.57. The van der Waals surface area contributed by atoms with Crippen molar-refractivity contribution in [2.75, 3.05) is 26.9 Å². The van der Waals surface area contributed by atoms with E-state index >= 15 is 0 Å². The summed E-state index contributed by atoms with van der Waals surface area (Å²) < 4.78 is 11.0. The smallest absolute Gasteiger partial charge is 0.106 e. The summed E-state index contributed by atoms with van der Waals surface area (Å²) in [7, 11) is 1.80. The average Bonchev–Trinajstić information content (AvgIpc) is 2.99. The van der Waals surface area contributed by atoms with E-state index in [4.69, 9.17) is 9.47 Å². The Balaban J connectivity index is 1.79. The Kier molecular flexibility index (Phi) is 3.65. The maximum absolute atomic E-state index is 5.61. The summed E-state index contributed by atoms with van der Waals surface area (Å²) in [5.74, 6) is 0.922. The van der Waals surface area contributed by atoms with Crippen LogP contribution in [-0.4, -0.2) is 38.5 Å². The van der Waals surface area contributed by atoms with Crippen molar-refractivity contribution >= 4 is 0 Å². The summed E-state index contributed by atoms with van der Waals surface area (Å²) in [6, 6.07) is 0.692. The van der Waals surface area contributed by atoms with Crippen molar-refractivity contribution in [3.63, 3.8) is 0 Å². The number of ether oxygens (including phenoxy) is 2. The Morgan fingerprint density at radius 1 is 1.53 bits per heavy atom. The number of methoxy groups -OCH3 is 1. The minimum atomic E-state index is -0.0533. The van der Waals surface area contributed by atoms with Gasteiger partial charge in [0.1, 0.15) is 5.60 Å². The minimum absolute atomic E-state index is 0.0533. The fraction of sp³-hybridized carbons (Fsp3) is 1.00. The molecule has 3 nitrogen and oxygen atoms in total. The first-order valence-electron chi connectivity index (χ1n) is 6.16. The SMILES string of the molecule is CCC(NCC1(OC)CCOC1)C1CC1. The lowest BCUT2D eigenvalue weighted by molar-refractivity contribution is -0.0179. The molecule has 1 heterocycles. The van der Waals surface area contributed by atoms with Crippen LogP contribution in [0.15, 0.2) is 0 Å². The van der Waals surface area contributed by atoms with E-state index in [2.05, 4.69) is 12.2 Å².